The third-order valence-corrected chi connectivity index (χ3v) is 3.33. The van der Waals surface area contributed by atoms with Gasteiger partial charge in [-0.25, -0.2) is 0 Å². The Labute approximate surface area is 116 Å². The molecule has 5 heteroatoms. The van der Waals surface area contributed by atoms with Crippen molar-refractivity contribution >= 4 is 11.0 Å². The number of hydrogen-bond donors (Lipinski definition) is 0. The molecule has 102 valence electrons. The van der Waals surface area contributed by atoms with Crippen LogP contribution in [0.2, 0.25) is 0 Å². The fourth-order valence-corrected chi connectivity index (χ4v) is 2.15. The smallest absolute Gasteiger partial charge is 0.250 e. The summed E-state index contributed by atoms with van der Waals surface area (Å²) >= 11 is 0. The molecule has 0 N–H and O–H groups in total. The van der Waals surface area contributed by atoms with Gasteiger partial charge in [0.1, 0.15) is 11.4 Å². The Balaban J connectivity index is 2.13. The summed E-state index contributed by atoms with van der Waals surface area (Å²) in [7, 11) is 1.61. The molecule has 0 radical (unpaired) electrons. The number of fused-ring (bicyclic) bond motifs is 1. The van der Waals surface area contributed by atoms with Crippen molar-refractivity contribution < 1.29 is 9.58 Å². The van der Waals surface area contributed by atoms with Crippen molar-refractivity contribution in [2.24, 2.45) is 0 Å². The van der Waals surface area contributed by atoms with Crippen molar-refractivity contribution in [3.63, 3.8) is 0 Å². The van der Waals surface area contributed by atoms with E-state index in [4.69, 9.17) is 4.74 Å². The van der Waals surface area contributed by atoms with Gasteiger partial charge >= 0.3 is 0 Å². The van der Waals surface area contributed by atoms with Gasteiger partial charge < -0.3 is 9.94 Å². The molecule has 1 aromatic heterocycles. The van der Waals surface area contributed by atoms with Crippen LogP contribution in [-0.2, 0) is 6.42 Å². The zero-order chi connectivity index (χ0) is 14.1. The fraction of sp³-hybridized carbons (Fsp3) is 0.200. The minimum atomic E-state index is 0.583. The first-order valence-corrected chi connectivity index (χ1v) is 6.49. The van der Waals surface area contributed by atoms with Gasteiger partial charge in [0.05, 0.1) is 12.2 Å². The summed E-state index contributed by atoms with van der Waals surface area (Å²) in [5.41, 5.74) is 3.10. The standard InChI is InChI=1S/C15H15N3O2/c1-3-11-4-9-14-15(10-11)18(19)17(16-14)12-5-7-13(20-2)8-6-12/h4-10H,3H2,1-2H3. The highest BCUT2D eigenvalue weighted by molar-refractivity contribution is 5.71. The van der Waals surface area contributed by atoms with Crippen LogP contribution in [0, 0.1) is 5.21 Å². The monoisotopic (exact) mass is 269 g/mol. The molecule has 0 atom stereocenters. The zero-order valence-corrected chi connectivity index (χ0v) is 11.4. The van der Waals surface area contributed by atoms with E-state index in [1.807, 2.05) is 18.2 Å². The average molecular weight is 269 g/mol. The molecule has 1 heterocycles. The molecule has 0 fully saturated rings. The molecule has 3 aromatic rings. The van der Waals surface area contributed by atoms with E-state index < -0.39 is 0 Å². The van der Waals surface area contributed by atoms with Gasteiger partial charge in [0.25, 0.3) is 0 Å². The molecule has 3 rings (SSSR count). The van der Waals surface area contributed by atoms with E-state index in [0.717, 1.165) is 22.6 Å². The molecule has 20 heavy (non-hydrogen) atoms. The Morgan fingerprint density at radius 1 is 1.20 bits per heavy atom. The second-order valence-electron chi connectivity index (χ2n) is 4.54. The average Bonchev–Trinajstić information content (AvgIpc) is 2.84. The Morgan fingerprint density at radius 3 is 2.60 bits per heavy atom. The van der Waals surface area contributed by atoms with Crippen molar-refractivity contribution in [1.29, 1.82) is 0 Å². The summed E-state index contributed by atoms with van der Waals surface area (Å²) in [6.07, 6.45) is 0.893. The predicted octanol–water partition coefficient (Wildman–Crippen LogP) is 2.23. The molecular formula is C15H15N3O2. The molecule has 0 aliphatic carbocycles. The number of methoxy groups -OCH3 is 1. The molecule has 5 nitrogen and oxygen atoms in total. The number of benzene rings is 2. The third-order valence-electron chi connectivity index (χ3n) is 3.33. The maximum atomic E-state index is 12.3. The molecule has 0 saturated heterocycles. The number of ether oxygens (including phenoxy) is 1. The maximum Gasteiger partial charge on any atom is 0.250 e. The quantitative estimate of drug-likeness (QED) is 0.541. The number of nitrogens with zero attached hydrogens (tertiary/aromatic N) is 3. The minimum absolute atomic E-state index is 0.583. The molecule has 0 saturated carbocycles. The second kappa shape index (κ2) is 4.85. The van der Waals surface area contributed by atoms with Crippen LogP contribution in [-0.4, -0.2) is 17.0 Å². The summed E-state index contributed by atoms with van der Waals surface area (Å²) in [5, 5.41) is 16.7. The van der Waals surface area contributed by atoms with Gasteiger partial charge in [0.2, 0.25) is 11.0 Å². The number of aryl methyl sites for hydroxylation is 1. The summed E-state index contributed by atoms with van der Waals surface area (Å²) < 4.78 is 5.11. The van der Waals surface area contributed by atoms with Crippen LogP contribution in [0.5, 0.6) is 5.75 Å². The molecule has 0 aliphatic rings. The lowest BCUT2D eigenvalue weighted by atomic mass is 10.1. The lowest BCUT2D eigenvalue weighted by molar-refractivity contribution is -0.664. The van der Waals surface area contributed by atoms with Gasteiger partial charge in [-0.15, -0.1) is 4.85 Å². The van der Waals surface area contributed by atoms with Crippen LogP contribution in [0.3, 0.4) is 0 Å². The first-order chi connectivity index (χ1) is 9.72. The number of rotatable bonds is 3. The van der Waals surface area contributed by atoms with Crippen LogP contribution >= 0.6 is 0 Å². The Bertz CT molecular complexity index is 748. The topological polar surface area (TPSA) is 54.0 Å². The van der Waals surface area contributed by atoms with Crippen molar-refractivity contribution in [3.8, 4) is 11.4 Å². The Hall–Kier alpha value is -2.56. The Kier molecular flexibility index (Phi) is 3.02. The molecule has 0 unspecified atom stereocenters. The highest BCUT2D eigenvalue weighted by Gasteiger charge is 2.16. The summed E-state index contributed by atoms with van der Waals surface area (Å²) in [6, 6.07) is 13.0. The molecule has 2 aromatic carbocycles. The highest BCUT2D eigenvalue weighted by Crippen LogP contribution is 2.16. The molecule has 0 aliphatic heterocycles. The van der Waals surface area contributed by atoms with Crippen molar-refractivity contribution in [2.75, 3.05) is 7.11 Å². The maximum absolute atomic E-state index is 12.3. The number of aromatic nitrogens is 3. The first-order valence-electron chi connectivity index (χ1n) is 6.49. The Morgan fingerprint density at radius 2 is 1.95 bits per heavy atom. The lowest BCUT2D eigenvalue weighted by Crippen LogP contribution is -2.37. The van der Waals surface area contributed by atoms with E-state index in [-0.39, 0.29) is 0 Å². The van der Waals surface area contributed by atoms with E-state index >= 15 is 0 Å². The van der Waals surface area contributed by atoms with E-state index in [9.17, 15) is 5.21 Å². The van der Waals surface area contributed by atoms with Gasteiger partial charge in [-0.1, -0.05) is 13.0 Å². The predicted molar refractivity (Wildman–Crippen MR) is 76.0 cm³/mol. The first kappa shape index (κ1) is 12.5. The SMILES string of the molecule is CCc1ccc2nn(-c3ccc(OC)cc3)[n+]([O-])c2c1. The zero-order valence-electron chi connectivity index (χ0n) is 11.4. The van der Waals surface area contributed by atoms with E-state index in [1.165, 1.54) is 4.80 Å². The van der Waals surface area contributed by atoms with Crippen LogP contribution in [0.4, 0.5) is 0 Å². The normalized spacial score (nSPS) is 10.9. The summed E-state index contributed by atoms with van der Waals surface area (Å²) in [6.45, 7) is 2.06. The van der Waals surface area contributed by atoms with E-state index in [2.05, 4.69) is 12.0 Å². The summed E-state index contributed by atoms with van der Waals surface area (Å²) in [5.74, 6) is 0.746. The largest absolute Gasteiger partial charge is 0.692 e. The van der Waals surface area contributed by atoms with Gasteiger partial charge in [0, 0.05) is 0 Å². The molecular weight excluding hydrogens is 254 g/mol. The highest BCUT2D eigenvalue weighted by atomic mass is 16.5. The lowest BCUT2D eigenvalue weighted by Gasteiger charge is -2.05. The van der Waals surface area contributed by atoms with Crippen LogP contribution < -0.4 is 9.58 Å². The molecule has 0 bridgehead atoms. The second-order valence-corrected chi connectivity index (χ2v) is 4.54. The summed E-state index contributed by atoms with van der Waals surface area (Å²) in [4.78, 5) is 2.17. The van der Waals surface area contributed by atoms with Gasteiger partial charge in [-0.2, -0.15) is 0 Å². The molecule has 0 amide bonds. The van der Waals surface area contributed by atoms with Crippen LogP contribution in [0.25, 0.3) is 16.7 Å². The van der Waals surface area contributed by atoms with Crippen molar-refractivity contribution in [1.82, 2.24) is 9.90 Å². The third kappa shape index (κ3) is 1.97. The van der Waals surface area contributed by atoms with Gasteiger partial charge in [0.15, 0.2) is 0 Å². The van der Waals surface area contributed by atoms with E-state index in [0.29, 0.717) is 16.7 Å². The van der Waals surface area contributed by atoms with Gasteiger partial charge in [-0.05, 0) is 53.2 Å². The minimum Gasteiger partial charge on any atom is -0.692 e. The van der Waals surface area contributed by atoms with Crippen LogP contribution in [0.15, 0.2) is 42.5 Å². The van der Waals surface area contributed by atoms with Gasteiger partial charge in [-0.3, -0.25) is 0 Å². The van der Waals surface area contributed by atoms with Crippen LogP contribution in [0.1, 0.15) is 12.5 Å². The van der Waals surface area contributed by atoms with Crippen molar-refractivity contribution in [3.05, 3.63) is 53.2 Å². The van der Waals surface area contributed by atoms with E-state index in [1.54, 1.807) is 31.4 Å². The molecule has 0 spiro atoms. The number of hydrogen-bond acceptors (Lipinski definition) is 3. The fourth-order valence-electron chi connectivity index (χ4n) is 2.15. The van der Waals surface area contributed by atoms with Crippen molar-refractivity contribution in [2.45, 2.75) is 13.3 Å².